The van der Waals surface area contributed by atoms with Crippen molar-refractivity contribution in [2.75, 3.05) is 19.6 Å². The maximum absolute atomic E-state index is 12.9. The van der Waals surface area contributed by atoms with E-state index < -0.39 is 17.5 Å². The second kappa shape index (κ2) is 7.25. The molecule has 1 heterocycles. The number of carbonyl (C=O) groups excluding carboxylic acids is 3. The fourth-order valence-electron chi connectivity index (χ4n) is 3.05. The molecule has 25 heavy (non-hydrogen) atoms. The van der Waals surface area contributed by atoms with Crippen LogP contribution in [0, 0.1) is 0 Å². The SMILES string of the molecule is CCN(CC)C(=O)CN1C(=O)N[C@](C)(c2ccc(C(C)C)cc2)C1=O. The lowest BCUT2D eigenvalue weighted by Gasteiger charge is -2.24. The van der Waals surface area contributed by atoms with Crippen molar-refractivity contribution >= 4 is 17.8 Å². The van der Waals surface area contributed by atoms with Crippen LogP contribution in [0.15, 0.2) is 24.3 Å². The number of amides is 4. The smallest absolute Gasteiger partial charge is 0.325 e. The molecule has 6 nitrogen and oxygen atoms in total. The van der Waals surface area contributed by atoms with Gasteiger partial charge in [-0.3, -0.25) is 14.5 Å². The molecule has 1 aliphatic heterocycles. The summed E-state index contributed by atoms with van der Waals surface area (Å²) in [7, 11) is 0. The van der Waals surface area contributed by atoms with Gasteiger partial charge in [0.15, 0.2) is 0 Å². The lowest BCUT2D eigenvalue weighted by Crippen LogP contribution is -2.44. The zero-order valence-electron chi connectivity index (χ0n) is 15.6. The van der Waals surface area contributed by atoms with Gasteiger partial charge in [-0.05, 0) is 37.8 Å². The highest BCUT2D eigenvalue weighted by atomic mass is 16.2. The Morgan fingerprint density at radius 3 is 2.20 bits per heavy atom. The molecule has 0 saturated carbocycles. The second-order valence-electron chi connectivity index (χ2n) is 6.79. The van der Waals surface area contributed by atoms with E-state index in [0.29, 0.717) is 24.6 Å². The Kier molecular flexibility index (Phi) is 5.50. The molecule has 1 aromatic rings. The highest BCUT2D eigenvalue weighted by Gasteiger charge is 2.49. The van der Waals surface area contributed by atoms with Gasteiger partial charge in [0.05, 0.1) is 0 Å². The van der Waals surface area contributed by atoms with E-state index in [1.165, 1.54) is 0 Å². The van der Waals surface area contributed by atoms with Crippen LogP contribution in [-0.4, -0.2) is 47.3 Å². The molecule has 2 rings (SSSR count). The van der Waals surface area contributed by atoms with E-state index in [1.54, 1.807) is 11.8 Å². The maximum Gasteiger partial charge on any atom is 0.325 e. The maximum atomic E-state index is 12.9. The first-order valence-electron chi connectivity index (χ1n) is 8.76. The predicted molar refractivity (Wildman–Crippen MR) is 96.1 cm³/mol. The molecule has 0 aromatic heterocycles. The van der Waals surface area contributed by atoms with Crippen molar-refractivity contribution in [3.8, 4) is 0 Å². The number of nitrogens with one attached hydrogen (secondary N) is 1. The van der Waals surface area contributed by atoms with Crippen molar-refractivity contribution in [3.63, 3.8) is 0 Å². The van der Waals surface area contributed by atoms with Crippen molar-refractivity contribution in [1.82, 2.24) is 15.1 Å². The lowest BCUT2D eigenvalue weighted by atomic mass is 9.90. The number of carbonyl (C=O) groups is 3. The minimum Gasteiger partial charge on any atom is -0.342 e. The van der Waals surface area contributed by atoms with E-state index in [4.69, 9.17) is 0 Å². The number of hydrogen-bond donors (Lipinski definition) is 1. The Balaban J connectivity index is 2.22. The third-order valence-electron chi connectivity index (χ3n) is 4.84. The van der Waals surface area contributed by atoms with Crippen molar-refractivity contribution in [3.05, 3.63) is 35.4 Å². The van der Waals surface area contributed by atoms with E-state index in [2.05, 4.69) is 19.2 Å². The Hall–Kier alpha value is -2.37. The molecule has 0 spiro atoms. The van der Waals surface area contributed by atoms with Gasteiger partial charge in [-0.1, -0.05) is 38.1 Å². The molecule has 1 aromatic carbocycles. The molecule has 1 atom stereocenters. The minimum absolute atomic E-state index is 0.229. The zero-order chi connectivity index (χ0) is 18.8. The Bertz CT molecular complexity index is 665. The number of benzene rings is 1. The van der Waals surface area contributed by atoms with Gasteiger partial charge in [-0.15, -0.1) is 0 Å². The van der Waals surface area contributed by atoms with Crippen LogP contribution in [0.1, 0.15) is 51.7 Å². The van der Waals surface area contributed by atoms with Gasteiger partial charge in [0.2, 0.25) is 5.91 Å². The lowest BCUT2D eigenvalue weighted by molar-refractivity contribution is -0.138. The van der Waals surface area contributed by atoms with Gasteiger partial charge >= 0.3 is 6.03 Å². The molecule has 0 aliphatic carbocycles. The topological polar surface area (TPSA) is 69.7 Å². The summed E-state index contributed by atoms with van der Waals surface area (Å²) in [6, 6.07) is 7.14. The third kappa shape index (κ3) is 3.52. The molecule has 6 heteroatoms. The molecule has 136 valence electrons. The van der Waals surface area contributed by atoms with Crippen LogP contribution >= 0.6 is 0 Å². The molecule has 4 amide bonds. The molecule has 0 unspecified atom stereocenters. The molecule has 1 aliphatic rings. The highest BCUT2D eigenvalue weighted by Crippen LogP contribution is 2.29. The van der Waals surface area contributed by atoms with E-state index in [0.717, 1.165) is 10.5 Å². The Morgan fingerprint density at radius 1 is 1.16 bits per heavy atom. The highest BCUT2D eigenvalue weighted by molar-refractivity contribution is 6.09. The number of nitrogens with zero attached hydrogens (tertiary/aromatic N) is 2. The average molecular weight is 345 g/mol. The van der Waals surface area contributed by atoms with Gasteiger partial charge in [0, 0.05) is 13.1 Å². The average Bonchev–Trinajstić information content (AvgIpc) is 2.80. The molecule has 0 radical (unpaired) electrons. The Labute approximate surface area is 149 Å². The van der Waals surface area contributed by atoms with E-state index >= 15 is 0 Å². The third-order valence-corrected chi connectivity index (χ3v) is 4.84. The molecule has 1 N–H and O–H groups in total. The first kappa shape index (κ1) is 19.0. The number of likely N-dealkylation sites (N-methyl/N-ethyl adjacent to an activating group) is 1. The van der Waals surface area contributed by atoms with E-state index in [-0.39, 0.29) is 12.5 Å². The van der Waals surface area contributed by atoms with Crippen LogP contribution < -0.4 is 5.32 Å². The first-order chi connectivity index (χ1) is 11.7. The summed E-state index contributed by atoms with van der Waals surface area (Å²) in [6.07, 6.45) is 0. The van der Waals surface area contributed by atoms with Gasteiger partial charge in [-0.2, -0.15) is 0 Å². The Morgan fingerprint density at radius 2 is 1.72 bits per heavy atom. The molecular weight excluding hydrogens is 318 g/mol. The molecule has 0 bridgehead atoms. The quantitative estimate of drug-likeness (QED) is 0.805. The molecule has 1 fully saturated rings. The van der Waals surface area contributed by atoms with E-state index in [9.17, 15) is 14.4 Å². The normalized spacial score (nSPS) is 20.2. The molecule has 1 saturated heterocycles. The van der Waals surface area contributed by atoms with Crippen molar-refractivity contribution in [1.29, 1.82) is 0 Å². The number of rotatable bonds is 6. The van der Waals surface area contributed by atoms with Crippen molar-refractivity contribution in [2.45, 2.75) is 46.1 Å². The summed E-state index contributed by atoms with van der Waals surface area (Å²) >= 11 is 0. The van der Waals surface area contributed by atoms with Crippen LogP contribution in [0.5, 0.6) is 0 Å². The summed E-state index contributed by atoms with van der Waals surface area (Å²) < 4.78 is 0. The van der Waals surface area contributed by atoms with Crippen LogP contribution in [0.4, 0.5) is 4.79 Å². The standard InChI is InChI=1S/C19H27N3O3/c1-6-21(7-2)16(23)12-22-17(24)19(5,20-18(22)25)15-10-8-14(9-11-15)13(3)4/h8-11,13H,6-7,12H2,1-5H3,(H,20,25)/t19-/m1/s1. The largest absolute Gasteiger partial charge is 0.342 e. The summed E-state index contributed by atoms with van der Waals surface area (Å²) in [5, 5.41) is 2.74. The fourth-order valence-corrected chi connectivity index (χ4v) is 3.05. The number of imide groups is 1. The fraction of sp³-hybridized carbons (Fsp3) is 0.526. The van der Waals surface area contributed by atoms with Crippen LogP contribution in [0.3, 0.4) is 0 Å². The summed E-state index contributed by atoms with van der Waals surface area (Å²) in [4.78, 5) is 40.1. The van der Waals surface area contributed by atoms with Gasteiger partial charge in [-0.25, -0.2) is 4.79 Å². The number of urea groups is 1. The van der Waals surface area contributed by atoms with Crippen molar-refractivity contribution in [2.24, 2.45) is 0 Å². The van der Waals surface area contributed by atoms with Gasteiger partial charge < -0.3 is 10.2 Å². The predicted octanol–water partition coefficient (Wildman–Crippen LogP) is 2.45. The van der Waals surface area contributed by atoms with E-state index in [1.807, 2.05) is 38.1 Å². The van der Waals surface area contributed by atoms with Crippen LogP contribution in [0.2, 0.25) is 0 Å². The van der Waals surface area contributed by atoms with Crippen LogP contribution in [-0.2, 0) is 15.1 Å². The first-order valence-corrected chi connectivity index (χ1v) is 8.76. The summed E-state index contributed by atoms with van der Waals surface area (Å²) in [5.41, 5.74) is 0.738. The zero-order valence-corrected chi connectivity index (χ0v) is 15.6. The van der Waals surface area contributed by atoms with Crippen LogP contribution in [0.25, 0.3) is 0 Å². The van der Waals surface area contributed by atoms with Crippen molar-refractivity contribution < 1.29 is 14.4 Å². The second-order valence-corrected chi connectivity index (χ2v) is 6.79. The summed E-state index contributed by atoms with van der Waals surface area (Å²) in [5.74, 6) is -0.234. The minimum atomic E-state index is -1.14. The molecular formula is C19H27N3O3. The van der Waals surface area contributed by atoms with Gasteiger partial charge in [0.25, 0.3) is 5.91 Å². The van der Waals surface area contributed by atoms with Gasteiger partial charge in [0.1, 0.15) is 12.1 Å². The summed E-state index contributed by atoms with van der Waals surface area (Å²) in [6.45, 7) is 10.5. The number of hydrogen-bond acceptors (Lipinski definition) is 3. The monoisotopic (exact) mass is 345 g/mol.